The summed E-state index contributed by atoms with van der Waals surface area (Å²) in [7, 11) is 0. The number of hydrogen-bond donors (Lipinski definition) is 1. The summed E-state index contributed by atoms with van der Waals surface area (Å²) in [6, 6.07) is 6.63. The van der Waals surface area contributed by atoms with Crippen molar-refractivity contribution in [3.63, 3.8) is 0 Å². The molecule has 29 heavy (non-hydrogen) atoms. The van der Waals surface area contributed by atoms with Gasteiger partial charge in [-0.15, -0.1) is 0 Å². The maximum atomic E-state index is 14.0. The molecular weight excluding hydrogens is 373 g/mol. The number of halogens is 1. The fourth-order valence-electron chi connectivity index (χ4n) is 3.30. The van der Waals surface area contributed by atoms with E-state index in [1.54, 1.807) is 23.2 Å². The summed E-state index contributed by atoms with van der Waals surface area (Å²) >= 11 is 0. The Bertz CT molecular complexity index is 776. The molecule has 2 aromatic rings. The summed E-state index contributed by atoms with van der Waals surface area (Å²) in [6.07, 6.45) is 4.40. The Kier molecular flexibility index (Phi) is 8.01. The summed E-state index contributed by atoms with van der Waals surface area (Å²) < 4.78 is 21.3. The molecule has 0 radical (unpaired) electrons. The average molecular weight is 404 g/mol. The molecule has 0 saturated carbocycles. The fourth-order valence-corrected chi connectivity index (χ4v) is 3.30. The molecule has 2 amide bonds. The first-order valence-corrected chi connectivity index (χ1v) is 10.2. The molecule has 1 N–H and O–H groups in total. The lowest BCUT2D eigenvalue weighted by Crippen LogP contribution is -2.46. The second-order valence-electron chi connectivity index (χ2n) is 7.17. The van der Waals surface area contributed by atoms with Gasteiger partial charge in [0.15, 0.2) is 0 Å². The van der Waals surface area contributed by atoms with Crippen molar-refractivity contribution in [2.45, 2.75) is 26.4 Å². The van der Waals surface area contributed by atoms with E-state index in [2.05, 4.69) is 15.2 Å². The minimum absolute atomic E-state index is 0.0967. The van der Waals surface area contributed by atoms with Crippen molar-refractivity contribution in [2.75, 3.05) is 45.9 Å². The number of carbonyl (C=O) groups excluding carboxylic acids is 1. The fraction of sp³-hybridized carbons (Fsp3) is 0.524. The molecule has 3 rings (SSSR count). The topological polar surface area (TPSA) is 62.6 Å². The molecule has 158 valence electrons. The third kappa shape index (κ3) is 6.27. The number of benzene rings is 1. The molecule has 1 aromatic carbocycles. The number of morpholine rings is 1. The van der Waals surface area contributed by atoms with Crippen molar-refractivity contribution in [1.29, 1.82) is 0 Å². The first kappa shape index (κ1) is 21.3. The second-order valence-corrected chi connectivity index (χ2v) is 7.17. The Morgan fingerprint density at radius 3 is 2.86 bits per heavy atom. The number of aromatic nitrogens is 2. The van der Waals surface area contributed by atoms with Crippen LogP contribution in [0.4, 0.5) is 9.18 Å². The minimum atomic E-state index is -0.239. The van der Waals surface area contributed by atoms with Gasteiger partial charge < -0.3 is 19.5 Å². The largest absolute Gasteiger partial charge is 0.379 e. The summed E-state index contributed by atoms with van der Waals surface area (Å²) in [5.74, 6) is 0.499. The SMILES string of the molecule is CCCNC(=O)N(CCN1CCOCC1)Cc1nccn1Cc1ccccc1F. The van der Waals surface area contributed by atoms with Gasteiger partial charge in [-0.25, -0.2) is 14.2 Å². The van der Waals surface area contributed by atoms with E-state index in [4.69, 9.17) is 4.74 Å². The highest BCUT2D eigenvalue weighted by atomic mass is 19.1. The number of imidazole rings is 1. The molecule has 2 heterocycles. The summed E-state index contributed by atoms with van der Waals surface area (Å²) in [5.41, 5.74) is 0.599. The highest BCUT2D eigenvalue weighted by molar-refractivity contribution is 5.74. The lowest BCUT2D eigenvalue weighted by atomic mass is 10.2. The van der Waals surface area contributed by atoms with Crippen molar-refractivity contribution in [3.8, 4) is 0 Å². The van der Waals surface area contributed by atoms with Gasteiger partial charge in [-0.1, -0.05) is 25.1 Å². The van der Waals surface area contributed by atoms with Crippen LogP contribution in [0.5, 0.6) is 0 Å². The lowest BCUT2D eigenvalue weighted by molar-refractivity contribution is 0.0345. The highest BCUT2D eigenvalue weighted by Gasteiger charge is 2.19. The highest BCUT2D eigenvalue weighted by Crippen LogP contribution is 2.12. The van der Waals surface area contributed by atoms with E-state index in [0.29, 0.717) is 31.7 Å². The molecule has 0 spiro atoms. The van der Waals surface area contributed by atoms with Gasteiger partial charge in [-0.05, 0) is 12.5 Å². The lowest BCUT2D eigenvalue weighted by Gasteiger charge is -2.30. The summed E-state index contributed by atoms with van der Waals surface area (Å²) in [6.45, 7) is 8.04. The Balaban J connectivity index is 1.67. The van der Waals surface area contributed by atoms with Gasteiger partial charge in [0.05, 0.1) is 26.3 Å². The number of urea groups is 1. The predicted octanol–water partition coefficient (Wildman–Crippen LogP) is 2.32. The van der Waals surface area contributed by atoms with Crippen LogP contribution >= 0.6 is 0 Å². The summed E-state index contributed by atoms with van der Waals surface area (Å²) in [4.78, 5) is 21.2. The average Bonchev–Trinajstić information content (AvgIpc) is 3.18. The number of carbonyl (C=O) groups is 1. The first-order chi connectivity index (χ1) is 14.2. The van der Waals surface area contributed by atoms with Gasteiger partial charge in [0, 0.05) is 50.7 Å². The zero-order valence-electron chi connectivity index (χ0n) is 17.0. The molecule has 0 atom stereocenters. The molecule has 1 fully saturated rings. The number of nitrogens with one attached hydrogen (secondary N) is 1. The van der Waals surface area contributed by atoms with Gasteiger partial charge in [0.1, 0.15) is 11.6 Å². The maximum Gasteiger partial charge on any atom is 0.317 e. The predicted molar refractivity (Wildman–Crippen MR) is 109 cm³/mol. The van der Waals surface area contributed by atoms with Crippen LogP contribution in [0.2, 0.25) is 0 Å². The van der Waals surface area contributed by atoms with Gasteiger partial charge in [0.25, 0.3) is 0 Å². The Morgan fingerprint density at radius 2 is 2.10 bits per heavy atom. The molecule has 0 aliphatic carbocycles. The molecule has 0 unspecified atom stereocenters. The molecule has 8 heteroatoms. The molecule has 1 aromatic heterocycles. The van der Waals surface area contributed by atoms with Crippen LogP contribution < -0.4 is 5.32 Å². The molecule has 0 bridgehead atoms. The monoisotopic (exact) mass is 403 g/mol. The van der Waals surface area contributed by atoms with E-state index >= 15 is 0 Å². The normalized spacial score (nSPS) is 14.7. The quantitative estimate of drug-likeness (QED) is 0.698. The van der Waals surface area contributed by atoms with Gasteiger partial charge >= 0.3 is 6.03 Å². The Labute approximate surface area is 171 Å². The molecule has 7 nitrogen and oxygen atoms in total. The van der Waals surface area contributed by atoms with Crippen molar-refractivity contribution < 1.29 is 13.9 Å². The number of hydrogen-bond acceptors (Lipinski definition) is 4. The standard InChI is InChI=1S/C21H30FN5O2/c1-2-7-24-21(28)27(11-10-25-12-14-29-15-13-25)17-20-23-8-9-26(20)16-18-5-3-4-6-19(18)22/h3-6,8-9H,2,7,10-17H2,1H3,(H,24,28). The summed E-state index contributed by atoms with van der Waals surface area (Å²) in [5, 5.41) is 2.96. The maximum absolute atomic E-state index is 14.0. The third-order valence-corrected chi connectivity index (χ3v) is 5.04. The minimum Gasteiger partial charge on any atom is -0.379 e. The van der Waals surface area contributed by atoms with Gasteiger partial charge in [-0.3, -0.25) is 4.90 Å². The smallest absolute Gasteiger partial charge is 0.317 e. The first-order valence-electron chi connectivity index (χ1n) is 10.2. The Hall–Kier alpha value is -2.45. The van der Waals surface area contributed by atoms with Gasteiger partial charge in [-0.2, -0.15) is 0 Å². The zero-order chi connectivity index (χ0) is 20.5. The van der Waals surface area contributed by atoms with Crippen LogP contribution in [0.25, 0.3) is 0 Å². The van der Waals surface area contributed by atoms with E-state index in [0.717, 1.165) is 45.1 Å². The van der Waals surface area contributed by atoms with E-state index in [1.165, 1.54) is 6.07 Å². The van der Waals surface area contributed by atoms with E-state index in [-0.39, 0.29) is 11.8 Å². The number of rotatable bonds is 9. The molecule has 1 aliphatic rings. The second kappa shape index (κ2) is 10.9. The zero-order valence-corrected chi connectivity index (χ0v) is 17.0. The van der Waals surface area contributed by atoms with Crippen LogP contribution in [0.15, 0.2) is 36.7 Å². The van der Waals surface area contributed by atoms with Crippen LogP contribution in [-0.2, 0) is 17.8 Å². The van der Waals surface area contributed by atoms with Crippen LogP contribution in [0.1, 0.15) is 24.7 Å². The Morgan fingerprint density at radius 1 is 1.31 bits per heavy atom. The van der Waals surface area contributed by atoms with Crippen molar-refractivity contribution in [1.82, 2.24) is 24.7 Å². The molecular formula is C21H30FN5O2. The number of nitrogens with zero attached hydrogens (tertiary/aromatic N) is 4. The number of ether oxygens (including phenoxy) is 1. The van der Waals surface area contributed by atoms with E-state index in [9.17, 15) is 9.18 Å². The van der Waals surface area contributed by atoms with Crippen molar-refractivity contribution in [3.05, 3.63) is 53.9 Å². The molecule has 1 saturated heterocycles. The van der Waals surface area contributed by atoms with Crippen LogP contribution in [0, 0.1) is 5.82 Å². The van der Waals surface area contributed by atoms with Gasteiger partial charge in [0.2, 0.25) is 0 Å². The van der Waals surface area contributed by atoms with E-state index < -0.39 is 0 Å². The molecule has 1 aliphatic heterocycles. The van der Waals surface area contributed by atoms with Crippen LogP contribution in [0.3, 0.4) is 0 Å². The third-order valence-electron chi connectivity index (χ3n) is 5.04. The van der Waals surface area contributed by atoms with Crippen LogP contribution in [-0.4, -0.2) is 71.3 Å². The van der Waals surface area contributed by atoms with Crippen molar-refractivity contribution in [2.24, 2.45) is 0 Å². The van der Waals surface area contributed by atoms with E-state index in [1.807, 2.05) is 23.8 Å². The van der Waals surface area contributed by atoms with Crippen molar-refractivity contribution >= 4 is 6.03 Å². The number of amides is 2.